The lowest BCUT2D eigenvalue weighted by molar-refractivity contribution is 0.155. The highest BCUT2D eigenvalue weighted by Gasteiger charge is 2.19. The molecule has 28 heavy (non-hydrogen) atoms. The molecular weight excluding hydrogens is 352 g/mol. The average molecular weight is 391 g/mol. The monoisotopic (exact) mass is 390 g/mol. The van der Waals surface area contributed by atoms with Gasteiger partial charge in [-0.15, -0.1) is 0 Å². The van der Waals surface area contributed by atoms with E-state index in [-0.39, 0.29) is 6.10 Å². The molecular formula is C22H38N4O2. The molecule has 2 rings (SSSR count). The first kappa shape index (κ1) is 22.5. The summed E-state index contributed by atoms with van der Waals surface area (Å²) in [5, 5.41) is 6.97. The highest BCUT2D eigenvalue weighted by atomic mass is 16.5. The maximum Gasteiger partial charge on any atom is 0.191 e. The molecule has 0 radical (unpaired) electrons. The Kier molecular flexibility index (Phi) is 10.1. The quantitative estimate of drug-likeness (QED) is 0.365. The fourth-order valence-electron chi connectivity index (χ4n) is 3.35. The van der Waals surface area contributed by atoms with Gasteiger partial charge in [-0.2, -0.15) is 0 Å². The Hall–Kier alpha value is -1.79. The van der Waals surface area contributed by atoms with Crippen LogP contribution >= 0.6 is 0 Å². The number of likely N-dealkylation sites (tertiary alicyclic amines) is 1. The minimum absolute atomic E-state index is 0.0285. The van der Waals surface area contributed by atoms with Crippen molar-refractivity contribution < 1.29 is 9.47 Å². The summed E-state index contributed by atoms with van der Waals surface area (Å²) >= 11 is 0. The second-order valence-electron chi connectivity index (χ2n) is 7.57. The Labute approximate surface area is 170 Å². The van der Waals surface area contributed by atoms with E-state index in [0.717, 1.165) is 63.8 Å². The van der Waals surface area contributed by atoms with Crippen LogP contribution in [0.4, 0.5) is 0 Å². The van der Waals surface area contributed by atoms with Crippen LogP contribution in [0.15, 0.2) is 29.3 Å². The summed E-state index contributed by atoms with van der Waals surface area (Å²) < 4.78 is 11.1. The van der Waals surface area contributed by atoms with Crippen LogP contribution in [0.1, 0.15) is 38.7 Å². The van der Waals surface area contributed by atoms with Crippen molar-refractivity contribution in [3.8, 4) is 5.75 Å². The van der Waals surface area contributed by atoms with Gasteiger partial charge >= 0.3 is 0 Å². The molecule has 0 aromatic heterocycles. The largest absolute Gasteiger partial charge is 0.489 e. The Morgan fingerprint density at radius 1 is 1.25 bits per heavy atom. The first-order valence-electron chi connectivity index (χ1n) is 10.6. The molecule has 1 aliphatic rings. The highest BCUT2D eigenvalue weighted by Crippen LogP contribution is 2.14. The van der Waals surface area contributed by atoms with Gasteiger partial charge in [-0.1, -0.05) is 17.7 Å². The number of nitrogens with one attached hydrogen (secondary N) is 2. The lowest BCUT2D eigenvalue weighted by atomic mass is 10.1. The van der Waals surface area contributed by atoms with E-state index in [1.165, 1.54) is 5.56 Å². The minimum Gasteiger partial charge on any atom is -0.489 e. The lowest BCUT2D eigenvalue weighted by Crippen LogP contribution is -2.49. The molecule has 0 saturated carbocycles. The van der Waals surface area contributed by atoms with E-state index >= 15 is 0 Å². The van der Waals surface area contributed by atoms with E-state index < -0.39 is 0 Å². The predicted molar refractivity (Wildman–Crippen MR) is 116 cm³/mol. The second-order valence-corrected chi connectivity index (χ2v) is 7.57. The van der Waals surface area contributed by atoms with Gasteiger partial charge in [-0.25, -0.2) is 4.99 Å². The van der Waals surface area contributed by atoms with E-state index in [1.54, 1.807) is 7.11 Å². The van der Waals surface area contributed by atoms with Crippen molar-refractivity contribution in [1.82, 2.24) is 15.5 Å². The molecule has 1 heterocycles. The van der Waals surface area contributed by atoms with E-state index in [2.05, 4.69) is 48.4 Å². The third-order valence-electron chi connectivity index (χ3n) is 4.96. The molecule has 158 valence electrons. The van der Waals surface area contributed by atoms with E-state index in [4.69, 9.17) is 14.5 Å². The van der Waals surface area contributed by atoms with Crippen LogP contribution < -0.4 is 15.4 Å². The predicted octanol–water partition coefficient (Wildman–Crippen LogP) is 2.82. The maximum absolute atomic E-state index is 5.97. The molecule has 1 atom stereocenters. The van der Waals surface area contributed by atoms with Crippen molar-refractivity contribution in [3.05, 3.63) is 29.8 Å². The summed E-state index contributed by atoms with van der Waals surface area (Å²) in [4.78, 5) is 7.27. The maximum atomic E-state index is 5.97. The molecule has 1 unspecified atom stereocenters. The number of guanidine groups is 1. The molecule has 1 aliphatic heterocycles. The summed E-state index contributed by atoms with van der Waals surface area (Å²) in [5.74, 6) is 1.78. The summed E-state index contributed by atoms with van der Waals surface area (Å²) in [5.41, 5.74) is 1.24. The number of hydrogen-bond donors (Lipinski definition) is 2. The molecule has 2 N–H and O–H groups in total. The molecule has 0 aliphatic carbocycles. The van der Waals surface area contributed by atoms with Gasteiger partial charge in [0.15, 0.2) is 5.96 Å². The Balaban J connectivity index is 1.76. The van der Waals surface area contributed by atoms with E-state index in [1.807, 2.05) is 12.1 Å². The average Bonchev–Trinajstić information content (AvgIpc) is 2.69. The van der Waals surface area contributed by atoms with Crippen LogP contribution in [0, 0.1) is 6.92 Å². The molecule has 6 nitrogen and oxygen atoms in total. The lowest BCUT2D eigenvalue weighted by Gasteiger charge is -2.33. The number of rotatable bonds is 10. The van der Waals surface area contributed by atoms with Crippen molar-refractivity contribution in [3.63, 3.8) is 0 Å². The van der Waals surface area contributed by atoms with Gasteiger partial charge < -0.3 is 25.0 Å². The van der Waals surface area contributed by atoms with Gasteiger partial charge in [0.2, 0.25) is 0 Å². The van der Waals surface area contributed by atoms with Crippen LogP contribution in [0.5, 0.6) is 5.75 Å². The third-order valence-corrected chi connectivity index (χ3v) is 4.96. The SMILES string of the molecule is CCNC(=NCC(C)Oc1ccc(C)cc1)NC1CCN(CCCOC)CC1. The van der Waals surface area contributed by atoms with Crippen molar-refractivity contribution in [2.45, 2.75) is 52.2 Å². The molecule has 0 bridgehead atoms. The summed E-state index contributed by atoms with van der Waals surface area (Å²) in [6.45, 7) is 12.0. The zero-order valence-electron chi connectivity index (χ0n) is 18.0. The number of piperidine rings is 1. The first-order valence-corrected chi connectivity index (χ1v) is 10.6. The molecule has 1 aromatic rings. The van der Waals surface area contributed by atoms with E-state index in [9.17, 15) is 0 Å². The van der Waals surface area contributed by atoms with Gasteiger partial charge in [-0.3, -0.25) is 0 Å². The van der Waals surface area contributed by atoms with Crippen LogP contribution in [0.25, 0.3) is 0 Å². The standard InChI is InChI=1S/C22H38N4O2/c1-5-23-22(24-17-19(3)28-21-9-7-18(2)8-10-21)25-20-11-14-26(15-12-20)13-6-16-27-4/h7-10,19-20H,5-6,11-17H2,1-4H3,(H2,23,24,25). The summed E-state index contributed by atoms with van der Waals surface area (Å²) in [6, 6.07) is 8.64. The minimum atomic E-state index is 0.0285. The first-order chi connectivity index (χ1) is 13.6. The van der Waals surface area contributed by atoms with E-state index in [0.29, 0.717) is 12.6 Å². The molecule has 0 spiro atoms. The number of methoxy groups -OCH3 is 1. The number of hydrogen-bond acceptors (Lipinski definition) is 4. The number of aliphatic imine (C=N–C) groups is 1. The van der Waals surface area contributed by atoms with Gasteiger partial charge in [0, 0.05) is 45.9 Å². The van der Waals surface area contributed by atoms with Crippen LogP contribution in [0.3, 0.4) is 0 Å². The topological polar surface area (TPSA) is 58.1 Å². The molecule has 1 fully saturated rings. The number of benzene rings is 1. The summed E-state index contributed by atoms with van der Waals surface area (Å²) in [6.07, 6.45) is 3.43. The fraction of sp³-hybridized carbons (Fsp3) is 0.682. The Bertz CT molecular complexity index is 568. The van der Waals surface area contributed by atoms with Crippen molar-refractivity contribution in [1.29, 1.82) is 0 Å². The molecule has 1 saturated heterocycles. The number of ether oxygens (including phenoxy) is 2. The smallest absolute Gasteiger partial charge is 0.191 e. The Morgan fingerprint density at radius 2 is 1.96 bits per heavy atom. The normalized spacial score (nSPS) is 17.4. The van der Waals surface area contributed by atoms with Crippen molar-refractivity contribution in [2.75, 3.05) is 46.4 Å². The summed E-state index contributed by atoms with van der Waals surface area (Å²) in [7, 11) is 1.77. The van der Waals surface area contributed by atoms with Crippen LogP contribution in [-0.4, -0.2) is 69.4 Å². The van der Waals surface area contributed by atoms with Crippen molar-refractivity contribution in [2.24, 2.45) is 4.99 Å². The van der Waals surface area contributed by atoms with Gasteiger partial charge in [0.25, 0.3) is 0 Å². The molecule has 6 heteroatoms. The zero-order chi connectivity index (χ0) is 20.2. The van der Waals surface area contributed by atoms with Gasteiger partial charge in [0.1, 0.15) is 11.9 Å². The number of aryl methyl sites for hydroxylation is 1. The highest BCUT2D eigenvalue weighted by molar-refractivity contribution is 5.80. The van der Waals surface area contributed by atoms with Crippen molar-refractivity contribution >= 4 is 5.96 Å². The Morgan fingerprint density at radius 3 is 2.61 bits per heavy atom. The second kappa shape index (κ2) is 12.6. The molecule has 0 amide bonds. The van der Waals surface area contributed by atoms with Gasteiger partial charge in [-0.05, 0) is 52.2 Å². The number of nitrogens with zero attached hydrogens (tertiary/aromatic N) is 2. The van der Waals surface area contributed by atoms with Gasteiger partial charge in [0.05, 0.1) is 6.54 Å². The zero-order valence-corrected chi connectivity index (χ0v) is 18.0. The molecule has 1 aromatic carbocycles. The van der Waals surface area contributed by atoms with Crippen LogP contribution in [0.2, 0.25) is 0 Å². The fourth-order valence-corrected chi connectivity index (χ4v) is 3.35. The third kappa shape index (κ3) is 8.48. The van der Waals surface area contributed by atoms with Crippen LogP contribution in [-0.2, 0) is 4.74 Å².